The predicted molar refractivity (Wildman–Crippen MR) is 67.4 cm³/mol. The third-order valence-corrected chi connectivity index (χ3v) is 4.55. The zero-order valence-electron chi connectivity index (χ0n) is 9.07. The highest BCUT2D eigenvalue weighted by atomic mass is 35.5. The van der Waals surface area contributed by atoms with Crippen molar-refractivity contribution >= 4 is 33.0 Å². The van der Waals surface area contributed by atoms with Gasteiger partial charge in [0.25, 0.3) is 0 Å². The molecule has 0 saturated carbocycles. The van der Waals surface area contributed by atoms with E-state index in [1.54, 1.807) is 0 Å². The number of hydrogen-bond donors (Lipinski definition) is 1. The first-order valence-electron chi connectivity index (χ1n) is 4.98. The average molecular weight is 283 g/mol. The number of nitrogens with zero attached hydrogens (tertiary/aromatic N) is 1. The third kappa shape index (κ3) is 5.25. The molecule has 7 heteroatoms. The molecular weight excluding hydrogens is 268 g/mol. The van der Waals surface area contributed by atoms with Gasteiger partial charge in [-0.25, -0.2) is 18.1 Å². The number of nitrogens with one attached hydrogen (secondary N) is 1. The lowest BCUT2D eigenvalue weighted by Gasteiger charge is -2.03. The molecular formula is C9H15ClN2O2S2. The maximum absolute atomic E-state index is 11.5. The molecule has 1 N–H and O–H groups in total. The van der Waals surface area contributed by atoms with Gasteiger partial charge >= 0.3 is 0 Å². The van der Waals surface area contributed by atoms with Gasteiger partial charge < -0.3 is 0 Å². The molecule has 0 unspecified atom stereocenters. The molecule has 0 atom stereocenters. The zero-order chi connectivity index (χ0) is 12.0. The molecule has 16 heavy (non-hydrogen) atoms. The number of sulfonamides is 1. The summed E-state index contributed by atoms with van der Waals surface area (Å²) in [7, 11) is -3.18. The van der Waals surface area contributed by atoms with Crippen LogP contribution in [-0.2, 0) is 16.6 Å². The van der Waals surface area contributed by atoms with E-state index in [4.69, 9.17) is 11.6 Å². The van der Waals surface area contributed by atoms with Crippen LogP contribution in [0.3, 0.4) is 0 Å². The Bertz CT molecular complexity index is 417. The highest BCUT2D eigenvalue weighted by molar-refractivity contribution is 7.89. The first-order valence-corrected chi connectivity index (χ1v) is 8.04. The summed E-state index contributed by atoms with van der Waals surface area (Å²) in [6.07, 6.45) is 1.31. The van der Waals surface area contributed by atoms with E-state index in [9.17, 15) is 8.42 Å². The quantitative estimate of drug-likeness (QED) is 0.614. The van der Waals surface area contributed by atoms with Crippen LogP contribution in [0.4, 0.5) is 0 Å². The van der Waals surface area contributed by atoms with E-state index < -0.39 is 10.0 Å². The van der Waals surface area contributed by atoms with Gasteiger partial charge in [0.1, 0.15) is 5.01 Å². The van der Waals surface area contributed by atoms with E-state index in [0.29, 0.717) is 12.3 Å². The van der Waals surface area contributed by atoms with E-state index in [1.165, 1.54) is 11.3 Å². The maximum atomic E-state index is 11.5. The number of hydrogen-bond acceptors (Lipinski definition) is 4. The van der Waals surface area contributed by atoms with Gasteiger partial charge in [-0.3, -0.25) is 0 Å². The number of thiazole rings is 1. The van der Waals surface area contributed by atoms with Gasteiger partial charge in [0.05, 0.1) is 12.3 Å². The molecule has 0 bridgehead atoms. The molecule has 0 radical (unpaired) electrons. The smallest absolute Gasteiger partial charge is 0.211 e. The molecule has 1 heterocycles. The summed E-state index contributed by atoms with van der Waals surface area (Å²) in [4.78, 5) is 4.18. The van der Waals surface area contributed by atoms with Crippen molar-refractivity contribution in [3.63, 3.8) is 0 Å². The highest BCUT2D eigenvalue weighted by Gasteiger charge is 2.10. The minimum atomic E-state index is -3.18. The molecule has 1 aromatic rings. The van der Waals surface area contributed by atoms with Crippen LogP contribution in [0, 0.1) is 6.92 Å². The van der Waals surface area contributed by atoms with Crippen LogP contribution in [0.25, 0.3) is 0 Å². The van der Waals surface area contributed by atoms with E-state index in [-0.39, 0.29) is 12.3 Å². The first kappa shape index (κ1) is 13.9. The topological polar surface area (TPSA) is 59.1 Å². The Morgan fingerprint density at radius 2 is 2.25 bits per heavy atom. The summed E-state index contributed by atoms with van der Waals surface area (Å²) >= 11 is 6.94. The molecule has 0 saturated heterocycles. The first-order chi connectivity index (χ1) is 7.53. The van der Waals surface area contributed by atoms with Crippen molar-refractivity contribution in [3.8, 4) is 0 Å². The summed E-state index contributed by atoms with van der Waals surface area (Å²) in [6.45, 7) is 2.16. The lowest BCUT2D eigenvalue weighted by molar-refractivity contribution is 0.578. The van der Waals surface area contributed by atoms with Crippen molar-refractivity contribution in [2.24, 2.45) is 0 Å². The van der Waals surface area contributed by atoms with Crippen molar-refractivity contribution < 1.29 is 8.42 Å². The lowest BCUT2D eigenvalue weighted by Crippen LogP contribution is -2.25. The van der Waals surface area contributed by atoms with Gasteiger partial charge in [-0.1, -0.05) is 0 Å². The monoisotopic (exact) mass is 282 g/mol. The number of unbranched alkanes of at least 4 members (excludes halogenated alkanes) is 1. The molecule has 1 aromatic heterocycles. The fraction of sp³-hybridized carbons (Fsp3) is 0.667. The van der Waals surface area contributed by atoms with Gasteiger partial charge in [-0.2, -0.15) is 0 Å². The molecule has 0 aromatic carbocycles. The summed E-state index contributed by atoms with van der Waals surface area (Å²) in [5.74, 6) is 0.630. The van der Waals surface area contributed by atoms with E-state index in [0.717, 1.165) is 17.1 Å². The van der Waals surface area contributed by atoms with Crippen LogP contribution < -0.4 is 4.72 Å². The molecule has 0 amide bonds. The van der Waals surface area contributed by atoms with Crippen LogP contribution in [0.5, 0.6) is 0 Å². The Kier molecular flexibility index (Phi) is 5.68. The normalized spacial score (nSPS) is 11.9. The minimum Gasteiger partial charge on any atom is -0.245 e. The van der Waals surface area contributed by atoms with Crippen LogP contribution in [0.1, 0.15) is 23.5 Å². The van der Waals surface area contributed by atoms with Crippen LogP contribution in [0.15, 0.2) is 5.38 Å². The SMILES string of the molecule is Cc1csc(CNS(=O)(=O)CCCCCl)n1. The Morgan fingerprint density at radius 1 is 1.50 bits per heavy atom. The second-order valence-electron chi connectivity index (χ2n) is 3.42. The van der Waals surface area contributed by atoms with Crippen molar-refractivity contribution in [2.75, 3.05) is 11.6 Å². The van der Waals surface area contributed by atoms with Crippen LogP contribution >= 0.6 is 22.9 Å². The predicted octanol–water partition coefficient (Wildman–Crippen LogP) is 1.89. The number of aromatic nitrogens is 1. The van der Waals surface area contributed by atoms with E-state index >= 15 is 0 Å². The van der Waals surface area contributed by atoms with Gasteiger partial charge in [0.15, 0.2) is 0 Å². The number of aryl methyl sites for hydroxylation is 1. The fourth-order valence-electron chi connectivity index (χ4n) is 1.11. The molecule has 0 fully saturated rings. The largest absolute Gasteiger partial charge is 0.245 e. The third-order valence-electron chi connectivity index (χ3n) is 1.91. The van der Waals surface area contributed by atoms with Gasteiger partial charge in [-0.05, 0) is 19.8 Å². The van der Waals surface area contributed by atoms with Crippen LogP contribution in [-0.4, -0.2) is 25.0 Å². The van der Waals surface area contributed by atoms with E-state index in [2.05, 4.69) is 9.71 Å². The van der Waals surface area contributed by atoms with Crippen molar-refractivity contribution in [1.82, 2.24) is 9.71 Å². The van der Waals surface area contributed by atoms with Gasteiger partial charge in [-0.15, -0.1) is 22.9 Å². The number of rotatable bonds is 7. The Morgan fingerprint density at radius 3 is 2.81 bits per heavy atom. The molecule has 0 aliphatic heterocycles. The lowest BCUT2D eigenvalue weighted by atomic mass is 10.4. The molecule has 0 spiro atoms. The molecule has 92 valence electrons. The molecule has 4 nitrogen and oxygen atoms in total. The Balaban J connectivity index is 2.36. The summed E-state index contributed by atoms with van der Waals surface area (Å²) < 4.78 is 25.5. The number of alkyl halides is 1. The minimum absolute atomic E-state index is 0.129. The van der Waals surface area contributed by atoms with Crippen molar-refractivity contribution in [1.29, 1.82) is 0 Å². The van der Waals surface area contributed by atoms with Gasteiger partial charge in [0.2, 0.25) is 10.0 Å². The molecule has 1 rings (SSSR count). The van der Waals surface area contributed by atoms with Crippen molar-refractivity contribution in [3.05, 3.63) is 16.1 Å². The summed E-state index contributed by atoms with van der Waals surface area (Å²) in [5, 5.41) is 2.69. The maximum Gasteiger partial charge on any atom is 0.211 e. The van der Waals surface area contributed by atoms with E-state index in [1.807, 2.05) is 12.3 Å². The standard InChI is InChI=1S/C9H15ClN2O2S2/c1-8-7-15-9(12-8)6-11-16(13,14)5-3-2-4-10/h7,11H,2-6H2,1H3. The second-order valence-corrected chi connectivity index (χ2v) is 6.67. The summed E-state index contributed by atoms with van der Waals surface area (Å²) in [5.41, 5.74) is 0.918. The van der Waals surface area contributed by atoms with Crippen LogP contribution in [0.2, 0.25) is 0 Å². The second kappa shape index (κ2) is 6.54. The average Bonchev–Trinajstić information content (AvgIpc) is 2.62. The summed E-state index contributed by atoms with van der Waals surface area (Å²) in [6, 6.07) is 0. The molecule has 0 aliphatic carbocycles. The highest BCUT2D eigenvalue weighted by Crippen LogP contribution is 2.08. The van der Waals surface area contributed by atoms with Crippen molar-refractivity contribution in [2.45, 2.75) is 26.3 Å². The zero-order valence-corrected chi connectivity index (χ0v) is 11.5. The fourth-order valence-corrected chi connectivity index (χ4v) is 3.19. The number of halogens is 1. The Labute approximate surface area is 105 Å². The molecule has 0 aliphatic rings. The van der Waals surface area contributed by atoms with Gasteiger partial charge in [0, 0.05) is 17.0 Å². The Hall–Kier alpha value is -0.170.